The van der Waals surface area contributed by atoms with E-state index in [2.05, 4.69) is 0 Å². The molecule has 1 amide bonds. The lowest BCUT2D eigenvalue weighted by Crippen LogP contribution is -2.21. The maximum atomic E-state index is 12.1. The van der Waals surface area contributed by atoms with Crippen LogP contribution in [0, 0.1) is 0 Å². The lowest BCUT2D eigenvalue weighted by molar-refractivity contribution is -0.131. The fraction of sp³-hybridized carbons (Fsp3) is 0.231. The molecule has 0 aliphatic carbocycles. The summed E-state index contributed by atoms with van der Waals surface area (Å²) in [4.78, 5) is 24.6. The highest BCUT2D eigenvalue weighted by Crippen LogP contribution is 2.38. The first-order valence-corrected chi connectivity index (χ1v) is 6.42. The second-order valence-electron chi connectivity index (χ2n) is 4.26. The van der Waals surface area contributed by atoms with Gasteiger partial charge in [-0.3, -0.25) is 9.59 Å². The average Bonchev–Trinajstić information content (AvgIpc) is 2.69. The molecule has 0 aliphatic heterocycles. The van der Waals surface area contributed by atoms with Crippen molar-refractivity contribution in [2.45, 2.75) is 6.92 Å². The van der Waals surface area contributed by atoms with Crippen LogP contribution < -0.4 is 4.74 Å². The number of nitrogens with zero attached hydrogens (tertiary/aromatic N) is 1. The van der Waals surface area contributed by atoms with E-state index in [0.717, 1.165) is 0 Å². The quantitative estimate of drug-likeness (QED) is 0.856. The Morgan fingerprint density at radius 2 is 2.00 bits per heavy atom. The fourth-order valence-electron chi connectivity index (χ4n) is 1.76. The van der Waals surface area contributed by atoms with Gasteiger partial charge in [0, 0.05) is 36.5 Å². The Bertz CT molecular complexity index is 660. The molecular weight excluding hydrogens is 266 g/mol. The van der Waals surface area contributed by atoms with Crippen LogP contribution >= 0.6 is 11.3 Å². The zero-order valence-corrected chi connectivity index (χ0v) is 11.6. The van der Waals surface area contributed by atoms with E-state index in [4.69, 9.17) is 4.74 Å². The van der Waals surface area contributed by atoms with Crippen molar-refractivity contribution in [1.29, 1.82) is 0 Å². The minimum absolute atomic E-state index is 0.00826. The number of rotatable bonds is 2. The van der Waals surface area contributed by atoms with E-state index in [9.17, 15) is 14.7 Å². The summed E-state index contributed by atoms with van der Waals surface area (Å²) in [6, 6.07) is 2.92. The molecule has 1 aromatic heterocycles. The third-order valence-corrected chi connectivity index (χ3v) is 3.42. The Hall–Kier alpha value is -2.08. The summed E-state index contributed by atoms with van der Waals surface area (Å²) in [6.45, 7) is 1.30. The monoisotopic (exact) mass is 279 g/mol. The van der Waals surface area contributed by atoms with Crippen LogP contribution in [0.2, 0.25) is 0 Å². The van der Waals surface area contributed by atoms with E-state index in [0.29, 0.717) is 21.4 Å². The van der Waals surface area contributed by atoms with Crippen molar-refractivity contribution in [3.8, 4) is 11.5 Å². The summed E-state index contributed by atoms with van der Waals surface area (Å²) in [5.74, 6) is -0.352. The second kappa shape index (κ2) is 4.89. The number of benzene rings is 1. The number of phenolic OH excluding ortho intramolecular Hbond substituents is 1. The summed E-state index contributed by atoms with van der Waals surface area (Å²) in [5.41, 5.74) is 0.317. The predicted molar refractivity (Wildman–Crippen MR) is 72.8 cm³/mol. The predicted octanol–water partition coefficient (Wildman–Crippen LogP) is 2.23. The standard InChI is InChI=1S/C13H13NO4S/c1-7(15)18-10-6-19-11-5-8(16)4-9(12(10)11)13(17)14(2)3/h4-6,16H,1-3H3. The zero-order valence-electron chi connectivity index (χ0n) is 10.8. The second-order valence-corrected chi connectivity index (χ2v) is 5.17. The smallest absolute Gasteiger partial charge is 0.308 e. The summed E-state index contributed by atoms with van der Waals surface area (Å²) >= 11 is 1.31. The maximum Gasteiger partial charge on any atom is 0.308 e. The summed E-state index contributed by atoms with van der Waals surface area (Å²) < 4.78 is 5.79. The molecular formula is C13H13NO4S. The molecule has 0 saturated heterocycles. The highest BCUT2D eigenvalue weighted by atomic mass is 32.1. The van der Waals surface area contributed by atoms with Crippen molar-refractivity contribution >= 4 is 33.3 Å². The minimum atomic E-state index is -0.448. The van der Waals surface area contributed by atoms with Gasteiger partial charge in [0.05, 0.1) is 5.56 Å². The average molecular weight is 279 g/mol. The first kappa shape index (κ1) is 13.4. The number of carbonyl (C=O) groups excluding carboxylic acids is 2. The van der Waals surface area contributed by atoms with E-state index in [-0.39, 0.29) is 11.7 Å². The topological polar surface area (TPSA) is 66.8 Å². The molecule has 6 heteroatoms. The van der Waals surface area contributed by atoms with Crippen molar-refractivity contribution in [2.24, 2.45) is 0 Å². The molecule has 0 spiro atoms. The molecule has 0 radical (unpaired) electrons. The third kappa shape index (κ3) is 2.53. The number of fused-ring (bicyclic) bond motifs is 1. The Morgan fingerprint density at radius 3 is 2.58 bits per heavy atom. The van der Waals surface area contributed by atoms with Crippen molar-refractivity contribution < 1.29 is 19.4 Å². The molecule has 1 N–H and O–H groups in total. The molecule has 0 atom stereocenters. The van der Waals surface area contributed by atoms with Gasteiger partial charge < -0.3 is 14.7 Å². The van der Waals surface area contributed by atoms with Crippen LogP contribution in [-0.4, -0.2) is 36.0 Å². The van der Waals surface area contributed by atoms with Crippen LogP contribution in [-0.2, 0) is 4.79 Å². The summed E-state index contributed by atoms with van der Waals surface area (Å²) in [7, 11) is 3.24. The molecule has 0 fully saturated rings. The number of aromatic hydroxyl groups is 1. The van der Waals surface area contributed by atoms with Gasteiger partial charge in [0.1, 0.15) is 11.5 Å². The molecule has 0 aliphatic rings. The normalized spacial score (nSPS) is 10.5. The molecule has 0 saturated carbocycles. The first-order chi connectivity index (χ1) is 8.90. The van der Waals surface area contributed by atoms with Crippen LogP contribution in [0.15, 0.2) is 17.5 Å². The van der Waals surface area contributed by atoms with E-state index >= 15 is 0 Å². The Morgan fingerprint density at radius 1 is 1.32 bits per heavy atom. The highest BCUT2D eigenvalue weighted by Gasteiger charge is 2.19. The Balaban J connectivity index is 2.69. The molecule has 5 nitrogen and oxygen atoms in total. The van der Waals surface area contributed by atoms with Crippen LogP contribution in [0.25, 0.3) is 10.1 Å². The number of hydrogen-bond acceptors (Lipinski definition) is 5. The van der Waals surface area contributed by atoms with E-state index in [1.165, 1.54) is 29.2 Å². The third-order valence-electron chi connectivity index (χ3n) is 2.52. The molecule has 1 heterocycles. The molecule has 100 valence electrons. The van der Waals surface area contributed by atoms with Crippen molar-refractivity contribution in [3.05, 3.63) is 23.1 Å². The lowest BCUT2D eigenvalue weighted by atomic mass is 10.1. The van der Waals surface area contributed by atoms with Gasteiger partial charge in [0.15, 0.2) is 0 Å². The lowest BCUT2D eigenvalue weighted by Gasteiger charge is -2.12. The van der Waals surface area contributed by atoms with E-state index < -0.39 is 5.97 Å². The number of thiophene rings is 1. The number of ether oxygens (including phenoxy) is 1. The van der Waals surface area contributed by atoms with Crippen molar-refractivity contribution in [1.82, 2.24) is 4.90 Å². The summed E-state index contributed by atoms with van der Waals surface area (Å²) in [5, 5.41) is 11.9. The van der Waals surface area contributed by atoms with Crippen LogP contribution in [0.5, 0.6) is 11.5 Å². The van der Waals surface area contributed by atoms with Gasteiger partial charge >= 0.3 is 5.97 Å². The van der Waals surface area contributed by atoms with Gasteiger partial charge in [0.25, 0.3) is 5.91 Å². The molecule has 1 aromatic carbocycles. The number of amides is 1. The van der Waals surface area contributed by atoms with Crippen molar-refractivity contribution in [3.63, 3.8) is 0 Å². The van der Waals surface area contributed by atoms with E-state index in [1.807, 2.05) is 0 Å². The Labute approximate surface area is 114 Å². The van der Waals surface area contributed by atoms with E-state index in [1.54, 1.807) is 25.5 Å². The van der Waals surface area contributed by atoms with Gasteiger partial charge in [-0.25, -0.2) is 0 Å². The number of carbonyl (C=O) groups is 2. The van der Waals surface area contributed by atoms with Crippen LogP contribution in [0.4, 0.5) is 0 Å². The zero-order chi connectivity index (χ0) is 14.2. The van der Waals surface area contributed by atoms with Crippen LogP contribution in [0.3, 0.4) is 0 Å². The number of esters is 1. The molecule has 0 bridgehead atoms. The maximum absolute atomic E-state index is 12.1. The van der Waals surface area contributed by atoms with Crippen molar-refractivity contribution in [2.75, 3.05) is 14.1 Å². The van der Waals surface area contributed by atoms with Gasteiger partial charge in [-0.05, 0) is 12.1 Å². The SMILES string of the molecule is CC(=O)Oc1csc2cc(O)cc(C(=O)N(C)C)c12. The van der Waals surface area contributed by atoms with Gasteiger partial charge in [-0.15, -0.1) is 11.3 Å². The molecule has 19 heavy (non-hydrogen) atoms. The minimum Gasteiger partial charge on any atom is -0.508 e. The Kier molecular flexibility index (Phi) is 3.44. The molecule has 0 unspecified atom stereocenters. The number of phenols is 1. The largest absolute Gasteiger partial charge is 0.508 e. The molecule has 2 aromatic rings. The van der Waals surface area contributed by atoms with Gasteiger partial charge in [-0.2, -0.15) is 0 Å². The summed E-state index contributed by atoms with van der Waals surface area (Å²) in [6.07, 6.45) is 0. The van der Waals surface area contributed by atoms with Crippen LogP contribution in [0.1, 0.15) is 17.3 Å². The fourth-order valence-corrected chi connectivity index (χ4v) is 2.68. The van der Waals surface area contributed by atoms with Gasteiger partial charge in [-0.1, -0.05) is 0 Å². The first-order valence-electron chi connectivity index (χ1n) is 5.54. The van der Waals surface area contributed by atoms with Gasteiger partial charge in [0.2, 0.25) is 0 Å². The molecule has 2 rings (SSSR count). The number of hydrogen-bond donors (Lipinski definition) is 1. The highest BCUT2D eigenvalue weighted by molar-refractivity contribution is 7.17.